The van der Waals surface area contributed by atoms with Crippen molar-refractivity contribution in [2.24, 2.45) is 5.73 Å². The van der Waals surface area contributed by atoms with Gasteiger partial charge < -0.3 is 24.9 Å². The van der Waals surface area contributed by atoms with Crippen molar-refractivity contribution in [2.45, 2.75) is 25.1 Å². The summed E-state index contributed by atoms with van der Waals surface area (Å²) in [6.07, 6.45) is 1.47. The number of nitrogens with one attached hydrogen (secondary N) is 1. The molecule has 0 radical (unpaired) electrons. The topological polar surface area (TPSA) is 138 Å². The standard InChI is InChI=1S/C25H21F3N6O4/c26-25(27,28)22-19(38-16-1-2-16)4-3-17(21(22)14-5-8-30-20(11-14)36-10-7-29)33-23(35)18-13-37-24(34-18)15-6-9-31-32-12-15/h3-6,8-9,11-13,16H,1-2,7,10,29H2,(H,33,35). The van der Waals surface area contributed by atoms with Gasteiger partial charge in [0, 0.05) is 30.1 Å². The molecular formula is C25H21F3N6O4. The fourth-order valence-electron chi connectivity index (χ4n) is 3.65. The average Bonchev–Trinajstić information content (AvgIpc) is 3.58. The van der Waals surface area contributed by atoms with Crippen LogP contribution in [0.1, 0.15) is 28.9 Å². The van der Waals surface area contributed by atoms with Crippen molar-refractivity contribution in [3.8, 4) is 34.2 Å². The smallest absolute Gasteiger partial charge is 0.420 e. The number of alkyl halides is 3. The number of nitrogens with two attached hydrogens (primary N) is 1. The highest BCUT2D eigenvalue weighted by Gasteiger charge is 2.40. The fourth-order valence-corrected chi connectivity index (χ4v) is 3.65. The van der Waals surface area contributed by atoms with Crippen molar-refractivity contribution >= 4 is 11.6 Å². The highest BCUT2D eigenvalue weighted by molar-refractivity contribution is 6.05. The first-order valence-corrected chi connectivity index (χ1v) is 11.6. The molecule has 1 fully saturated rings. The van der Waals surface area contributed by atoms with Gasteiger partial charge in [-0.1, -0.05) is 0 Å². The van der Waals surface area contributed by atoms with E-state index >= 15 is 0 Å². The first-order chi connectivity index (χ1) is 18.3. The lowest BCUT2D eigenvalue weighted by atomic mass is 9.96. The molecule has 10 nitrogen and oxygen atoms in total. The summed E-state index contributed by atoms with van der Waals surface area (Å²) >= 11 is 0. The molecule has 3 N–H and O–H groups in total. The second-order valence-corrected chi connectivity index (χ2v) is 8.32. The summed E-state index contributed by atoms with van der Waals surface area (Å²) in [5, 5.41) is 9.93. The van der Waals surface area contributed by atoms with Gasteiger partial charge in [-0.3, -0.25) is 4.79 Å². The minimum atomic E-state index is -4.81. The van der Waals surface area contributed by atoms with E-state index in [-0.39, 0.29) is 59.3 Å². The number of hydrogen-bond acceptors (Lipinski definition) is 9. The predicted molar refractivity (Wildman–Crippen MR) is 128 cm³/mol. The number of anilines is 1. The van der Waals surface area contributed by atoms with Gasteiger partial charge in [0.15, 0.2) is 5.69 Å². The number of carbonyl (C=O) groups excluding carboxylic acids is 1. The van der Waals surface area contributed by atoms with Crippen molar-refractivity contribution < 1.29 is 31.9 Å². The summed E-state index contributed by atoms with van der Waals surface area (Å²) in [4.78, 5) is 21.2. The van der Waals surface area contributed by atoms with Crippen molar-refractivity contribution in [3.05, 3.63) is 66.4 Å². The van der Waals surface area contributed by atoms with Crippen LogP contribution in [0, 0.1) is 0 Å². The van der Waals surface area contributed by atoms with Crippen LogP contribution < -0.4 is 20.5 Å². The molecular weight excluding hydrogens is 505 g/mol. The van der Waals surface area contributed by atoms with Crippen LogP contribution in [0.25, 0.3) is 22.6 Å². The third kappa shape index (κ3) is 5.57. The molecule has 13 heteroatoms. The highest BCUT2D eigenvalue weighted by atomic mass is 19.4. The van der Waals surface area contributed by atoms with Gasteiger partial charge in [0.25, 0.3) is 5.91 Å². The van der Waals surface area contributed by atoms with Crippen LogP contribution in [0.2, 0.25) is 0 Å². The van der Waals surface area contributed by atoms with Gasteiger partial charge in [-0.2, -0.15) is 23.4 Å². The molecule has 0 aliphatic heterocycles. The Morgan fingerprint density at radius 2 is 1.95 bits per heavy atom. The molecule has 1 amide bonds. The van der Waals surface area contributed by atoms with E-state index in [0.717, 1.165) is 6.26 Å². The van der Waals surface area contributed by atoms with Crippen molar-refractivity contribution in [2.75, 3.05) is 18.5 Å². The van der Waals surface area contributed by atoms with Gasteiger partial charge in [-0.05, 0) is 42.7 Å². The molecule has 1 aromatic carbocycles. The van der Waals surface area contributed by atoms with Crippen LogP contribution in [0.15, 0.2) is 59.6 Å². The average molecular weight is 526 g/mol. The normalized spacial score (nSPS) is 13.3. The number of oxazole rings is 1. The lowest BCUT2D eigenvalue weighted by Crippen LogP contribution is -2.17. The van der Waals surface area contributed by atoms with E-state index in [1.165, 1.54) is 42.9 Å². The Labute approximate surface area is 214 Å². The summed E-state index contributed by atoms with van der Waals surface area (Å²) in [6, 6.07) is 6.88. The Balaban J connectivity index is 1.56. The molecule has 3 heterocycles. The largest absolute Gasteiger partial charge is 0.490 e. The molecule has 5 rings (SSSR count). The number of ether oxygens (including phenoxy) is 2. The summed E-state index contributed by atoms with van der Waals surface area (Å²) in [7, 11) is 0. The van der Waals surface area contributed by atoms with Crippen LogP contribution in [-0.2, 0) is 6.18 Å². The zero-order chi connectivity index (χ0) is 26.7. The second kappa shape index (κ2) is 10.5. The molecule has 0 bridgehead atoms. The van der Waals surface area contributed by atoms with E-state index in [1.807, 2.05) is 0 Å². The van der Waals surface area contributed by atoms with E-state index in [9.17, 15) is 18.0 Å². The number of pyridine rings is 1. The Morgan fingerprint density at radius 1 is 1.13 bits per heavy atom. The summed E-state index contributed by atoms with van der Waals surface area (Å²) in [6.45, 7) is 0.319. The molecule has 0 saturated heterocycles. The highest BCUT2D eigenvalue weighted by Crippen LogP contribution is 2.48. The minimum absolute atomic E-state index is 0.0824. The number of aromatic nitrogens is 4. The summed E-state index contributed by atoms with van der Waals surface area (Å²) in [5.74, 6) is -0.923. The lowest BCUT2D eigenvalue weighted by molar-refractivity contribution is -0.138. The van der Waals surface area contributed by atoms with Crippen LogP contribution in [-0.4, -0.2) is 45.3 Å². The Kier molecular flexibility index (Phi) is 6.92. The van der Waals surface area contributed by atoms with E-state index in [4.69, 9.17) is 19.6 Å². The SMILES string of the molecule is NCCOc1cc(-c2c(NC(=O)c3coc(-c4ccnnc4)n3)ccc(OC3CC3)c2C(F)(F)F)ccn1. The zero-order valence-corrected chi connectivity index (χ0v) is 19.7. The number of halogens is 3. The molecule has 1 aliphatic carbocycles. The molecule has 196 valence electrons. The molecule has 0 atom stereocenters. The molecule has 1 saturated carbocycles. The predicted octanol–water partition coefficient (Wildman–Crippen LogP) is 4.34. The Morgan fingerprint density at radius 3 is 2.66 bits per heavy atom. The van der Waals surface area contributed by atoms with Gasteiger partial charge in [0.2, 0.25) is 11.8 Å². The first-order valence-electron chi connectivity index (χ1n) is 11.6. The van der Waals surface area contributed by atoms with Gasteiger partial charge in [-0.25, -0.2) is 9.97 Å². The molecule has 0 spiro atoms. The monoisotopic (exact) mass is 526 g/mol. The first kappa shape index (κ1) is 25.1. The Hall–Kier alpha value is -4.52. The van der Waals surface area contributed by atoms with E-state index < -0.39 is 17.6 Å². The lowest BCUT2D eigenvalue weighted by Gasteiger charge is -2.21. The second-order valence-electron chi connectivity index (χ2n) is 8.32. The zero-order valence-electron chi connectivity index (χ0n) is 19.7. The van der Waals surface area contributed by atoms with Crippen LogP contribution in [0.4, 0.5) is 18.9 Å². The number of rotatable bonds is 9. The van der Waals surface area contributed by atoms with Gasteiger partial charge >= 0.3 is 6.18 Å². The molecule has 0 unspecified atom stereocenters. The van der Waals surface area contributed by atoms with Crippen LogP contribution in [0.5, 0.6) is 11.6 Å². The Bertz CT molecular complexity index is 1440. The molecule has 4 aromatic rings. The number of hydrogen-bond donors (Lipinski definition) is 2. The number of carbonyl (C=O) groups is 1. The molecule has 38 heavy (non-hydrogen) atoms. The maximum atomic E-state index is 14.5. The quantitative estimate of drug-likeness (QED) is 0.326. The van der Waals surface area contributed by atoms with Crippen molar-refractivity contribution in [1.29, 1.82) is 0 Å². The van der Waals surface area contributed by atoms with Crippen LogP contribution in [0.3, 0.4) is 0 Å². The molecule has 1 aliphatic rings. The van der Waals surface area contributed by atoms with E-state index in [1.54, 1.807) is 6.07 Å². The minimum Gasteiger partial charge on any atom is -0.490 e. The van der Waals surface area contributed by atoms with Gasteiger partial charge in [0.05, 0.1) is 24.1 Å². The molecule has 3 aromatic heterocycles. The number of benzene rings is 1. The maximum Gasteiger partial charge on any atom is 0.420 e. The van der Waals surface area contributed by atoms with Crippen molar-refractivity contribution in [3.63, 3.8) is 0 Å². The van der Waals surface area contributed by atoms with E-state index in [2.05, 4.69) is 25.5 Å². The van der Waals surface area contributed by atoms with Gasteiger partial charge in [0.1, 0.15) is 24.2 Å². The third-order valence-corrected chi connectivity index (χ3v) is 5.48. The van der Waals surface area contributed by atoms with Gasteiger partial charge in [-0.15, -0.1) is 0 Å². The van der Waals surface area contributed by atoms with Crippen LogP contribution >= 0.6 is 0 Å². The summed E-state index contributed by atoms with van der Waals surface area (Å²) in [5.41, 5.74) is 4.47. The van der Waals surface area contributed by atoms with E-state index in [0.29, 0.717) is 18.4 Å². The third-order valence-electron chi connectivity index (χ3n) is 5.48. The number of amides is 1. The summed E-state index contributed by atoms with van der Waals surface area (Å²) < 4.78 is 59.9. The number of nitrogens with zero attached hydrogens (tertiary/aromatic N) is 4. The fraction of sp³-hybridized carbons (Fsp3) is 0.240. The maximum absolute atomic E-state index is 14.5. The van der Waals surface area contributed by atoms with Crippen molar-refractivity contribution in [1.82, 2.24) is 20.2 Å².